The van der Waals surface area contributed by atoms with Crippen LogP contribution in [0, 0.1) is 0 Å². The van der Waals surface area contributed by atoms with Gasteiger partial charge in [-0.05, 0) is 24.3 Å². The molecule has 0 aliphatic heterocycles. The number of benzene rings is 2. The Kier molecular flexibility index (Phi) is 5.98. The summed E-state index contributed by atoms with van der Waals surface area (Å²) in [5, 5.41) is 3.19. The van der Waals surface area contributed by atoms with Crippen LogP contribution < -0.4 is 10.2 Å². The minimum Gasteiger partial charge on any atom is -0.373 e. The fraction of sp³-hybridized carbons (Fsp3) is 0.294. The molecule has 0 unspecified atom stereocenters. The third kappa shape index (κ3) is 4.86. The summed E-state index contributed by atoms with van der Waals surface area (Å²) in [6, 6.07) is 18.7. The molecule has 5 heteroatoms. The third-order valence-electron chi connectivity index (χ3n) is 3.47. The van der Waals surface area contributed by atoms with Crippen LogP contribution in [-0.4, -0.2) is 40.9 Å². The molecule has 0 fully saturated rings. The third-order valence-corrected chi connectivity index (χ3v) is 5.20. The van der Waals surface area contributed by atoms with Gasteiger partial charge >= 0.3 is 0 Å². The number of nitrogens with one attached hydrogen (secondary N) is 1. The summed E-state index contributed by atoms with van der Waals surface area (Å²) in [6.45, 7) is 2.03. The summed E-state index contributed by atoms with van der Waals surface area (Å²) in [5.74, 6) is 0.117. The van der Waals surface area contributed by atoms with Gasteiger partial charge in [0.1, 0.15) is 0 Å². The number of hydrogen-bond acceptors (Lipinski definition) is 4. The Morgan fingerprint density at radius 2 is 1.50 bits per heavy atom. The highest BCUT2D eigenvalue weighted by Gasteiger charge is 2.12. The molecule has 0 atom stereocenters. The zero-order chi connectivity index (χ0) is 15.8. The minimum atomic E-state index is -3.19. The van der Waals surface area contributed by atoms with Crippen molar-refractivity contribution in [3.05, 3.63) is 60.7 Å². The molecule has 2 aromatic carbocycles. The maximum Gasteiger partial charge on any atom is 0.179 e. The number of hydrogen-bond donors (Lipinski definition) is 1. The molecule has 22 heavy (non-hydrogen) atoms. The van der Waals surface area contributed by atoms with Gasteiger partial charge < -0.3 is 10.2 Å². The number of anilines is 1. The van der Waals surface area contributed by atoms with E-state index >= 15 is 0 Å². The van der Waals surface area contributed by atoms with Crippen LogP contribution in [0.4, 0.5) is 5.69 Å². The molecule has 0 bridgehead atoms. The van der Waals surface area contributed by atoms with E-state index in [2.05, 4.69) is 22.3 Å². The Morgan fingerprint density at radius 1 is 0.909 bits per heavy atom. The maximum atomic E-state index is 12.1. The van der Waals surface area contributed by atoms with Crippen molar-refractivity contribution in [1.29, 1.82) is 0 Å². The summed E-state index contributed by atoms with van der Waals surface area (Å²) in [4.78, 5) is 2.52. The molecular formula is C17H22N2O2S. The van der Waals surface area contributed by atoms with Crippen LogP contribution >= 0.6 is 0 Å². The van der Waals surface area contributed by atoms with E-state index in [-0.39, 0.29) is 5.75 Å². The van der Waals surface area contributed by atoms with Crippen LogP contribution in [-0.2, 0) is 9.84 Å². The van der Waals surface area contributed by atoms with Gasteiger partial charge in [0.25, 0.3) is 0 Å². The Hall–Kier alpha value is -1.85. The van der Waals surface area contributed by atoms with E-state index < -0.39 is 9.84 Å². The first-order valence-corrected chi connectivity index (χ1v) is 8.99. The van der Waals surface area contributed by atoms with Crippen LogP contribution in [0.25, 0.3) is 0 Å². The Morgan fingerprint density at radius 3 is 2.14 bits per heavy atom. The lowest BCUT2D eigenvalue weighted by atomic mass is 10.3. The monoisotopic (exact) mass is 318 g/mol. The molecule has 0 amide bonds. The van der Waals surface area contributed by atoms with Crippen molar-refractivity contribution in [2.24, 2.45) is 0 Å². The summed E-state index contributed by atoms with van der Waals surface area (Å²) in [5.41, 5.74) is 1.15. The van der Waals surface area contributed by atoms with E-state index in [1.165, 1.54) is 0 Å². The van der Waals surface area contributed by atoms with Gasteiger partial charge in [0.05, 0.1) is 10.6 Å². The Balaban J connectivity index is 1.72. The van der Waals surface area contributed by atoms with Gasteiger partial charge in [0.2, 0.25) is 0 Å². The zero-order valence-electron chi connectivity index (χ0n) is 12.8. The molecule has 1 N–H and O–H groups in total. The number of para-hydroxylation sites is 1. The molecule has 2 rings (SSSR count). The quantitative estimate of drug-likeness (QED) is 0.758. The van der Waals surface area contributed by atoms with Gasteiger partial charge in [-0.15, -0.1) is 0 Å². The zero-order valence-corrected chi connectivity index (χ0v) is 13.6. The number of rotatable bonds is 8. The van der Waals surface area contributed by atoms with Crippen LogP contribution in [0.3, 0.4) is 0 Å². The summed E-state index contributed by atoms with van der Waals surface area (Å²) in [7, 11) is -1.16. The highest BCUT2D eigenvalue weighted by molar-refractivity contribution is 7.91. The van der Waals surface area contributed by atoms with Crippen LogP contribution in [0.2, 0.25) is 0 Å². The fourth-order valence-electron chi connectivity index (χ4n) is 2.14. The predicted molar refractivity (Wildman–Crippen MR) is 91.1 cm³/mol. The van der Waals surface area contributed by atoms with E-state index in [4.69, 9.17) is 0 Å². The SMILES string of the molecule is CN(CCNCCS(=O)(=O)c1ccccc1)c1ccccc1. The molecule has 0 aliphatic rings. The Bertz CT molecular complexity index is 658. The van der Waals surface area contributed by atoms with Crippen molar-refractivity contribution in [1.82, 2.24) is 5.32 Å². The van der Waals surface area contributed by atoms with Crippen molar-refractivity contribution in [3.63, 3.8) is 0 Å². The second-order valence-electron chi connectivity index (χ2n) is 5.14. The smallest absolute Gasteiger partial charge is 0.179 e. The first-order chi connectivity index (χ1) is 10.6. The number of nitrogens with zero attached hydrogens (tertiary/aromatic N) is 1. The van der Waals surface area contributed by atoms with Crippen LogP contribution in [0.15, 0.2) is 65.6 Å². The first-order valence-electron chi connectivity index (χ1n) is 7.34. The largest absolute Gasteiger partial charge is 0.373 e. The van der Waals surface area contributed by atoms with Crippen molar-refractivity contribution in [2.75, 3.05) is 37.3 Å². The lowest BCUT2D eigenvalue weighted by Crippen LogP contribution is -2.31. The van der Waals surface area contributed by atoms with Crippen LogP contribution in [0.5, 0.6) is 0 Å². The molecule has 0 radical (unpaired) electrons. The highest BCUT2D eigenvalue weighted by Crippen LogP contribution is 2.10. The molecule has 0 aromatic heterocycles. The summed E-state index contributed by atoms with van der Waals surface area (Å²) >= 11 is 0. The van der Waals surface area contributed by atoms with E-state index in [9.17, 15) is 8.42 Å². The highest BCUT2D eigenvalue weighted by atomic mass is 32.2. The van der Waals surface area contributed by atoms with Crippen molar-refractivity contribution >= 4 is 15.5 Å². The van der Waals surface area contributed by atoms with Gasteiger partial charge in [-0.1, -0.05) is 36.4 Å². The lowest BCUT2D eigenvalue weighted by Gasteiger charge is -2.19. The van der Waals surface area contributed by atoms with Gasteiger partial charge in [-0.25, -0.2) is 8.42 Å². The van der Waals surface area contributed by atoms with Crippen molar-refractivity contribution in [3.8, 4) is 0 Å². The lowest BCUT2D eigenvalue weighted by molar-refractivity contribution is 0.591. The van der Waals surface area contributed by atoms with Gasteiger partial charge in [0, 0.05) is 32.4 Å². The molecule has 2 aromatic rings. The average molecular weight is 318 g/mol. The molecule has 4 nitrogen and oxygen atoms in total. The topological polar surface area (TPSA) is 49.4 Å². The molecule has 0 aliphatic carbocycles. The fourth-order valence-corrected chi connectivity index (χ4v) is 3.36. The van der Waals surface area contributed by atoms with Crippen molar-refractivity contribution in [2.45, 2.75) is 4.90 Å². The number of likely N-dealkylation sites (N-methyl/N-ethyl adjacent to an activating group) is 1. The average Bonchev–Trinajstić information content (AvgIpc) is 2.56. The molecule has 0 heterocycles. The normalized spacial score (nSPS) is 11.3. The van der Waals surface area contributed by atoms with Gasteiger partial charge in [-0.2, -0.15) is 0 Å². The first kappa shape index (κ1) is 16.5. The van der Waals surface area contributed by atoms with Gasteiger partial charge in [-0.3, -0.25) is 0 Å². The standard InChI is InChI=1S/C17H22N2O2S/c1-19(16-8-4-2-5-9-16)14-12-18-13-15-22(20,21)17-10-6-3-7-11-17/h2-11,18H,12-15H2,1H3. The van der Waals surface area contributed by atoms with E-state index in [0.29, 0.717) is 11.4 Å². The predicted octanol–water partition coefficient (Wildman–Crippen LogP) is 2.19. The van der Waals surface area contributed by atoms with Crippen LogP contribution in [0.1, 0.15) is 0 Å². The molecular weight excluding hydrogens is 296 g/mol. The minimum absolute atomic E-state index is 0.117. The van der Waals surface area contributed by atoms with E-state index in [1.54, 1.807) is 24.3 Å². The molecule has 0 spiro atoms. The molecule has 0 saturated carbocycles. The number of sulfone groups is 1. The second kappa shape index (κ2) is 7.96. The molecule has 118 valence electrons. The summed E-state index contributed by atoms with van der Waals surface area (Å²) < 4.78 is 24.2. The second-order valence-corrected chi connectivity index (χ2v) is 7.25. The Labute approximate surface area is 132 Å². The molecule has 0 saturated heterocycles. The van der Waals surface area contributed by atoms with E-state index in [0.717, 1.165) is 18.8 Å². The maximum absolute atomic E-state index is 12.1. The van der Waals surface area contributed by atoms with Gasteiger partial charge in [0.15, 0.2) is 9.84 Å². The summed E-state index contributed by atoms with van der Waals surface area (Å²) in [6.07, 6.45) is 0. The van der Waals surface area contributed by atoms with E-state index in [1.807, 2.05) is 31.3 Å². The van der Waals surface area contributed by atoms with Crippen molar-refractivity contribution < 1.29 is 8.42 Å².